The lowest BCUT2D eigenvalue weighted by Crippen LogP contribution is -2.52. The summed E-state index contributed by atoms with van der Waals surface area (Å²) in [6.45, 7) is 13.8. The van der Waals surface area contributed by atoms with Gasteiger partial charge in [-0.25, -0.2) is 0 Å². The van der Waals surface area contributed by atoms with Crippen LogP contribution in [-0.4, -0.2) is 84.8 Å². The van der Waals surface area contributed by atoms with Gasteiger partial charge in [0.25, 0.3) is 5.91 Å². The Kier molecular flexibility index (Phi) is 10.5. The number of carbonyl (C=O) groups excluding carboxylic acids is 2. The van der Waals surface area contributed by atoms with Gasteiger partial charge >= 0.3 is 0 Å². The molecule has 0 saturated heterocycles. The minimum Gasteiger partial charge on any atom is -0.506 e. The Morgan fingerprint density at radius 1 is 1.10 bits per heavy atom. The number of methoxy groups -OCH3 is 1. The number of phenolic OH excluding ortho intramolecular Hbond substituents is 1. The molecule has 228 valence electrons. The molecule has 2 aromatic carbocycles. The fourth-order valence-electron chi connectivity index (χ4n) is 5.20. The molecule has 1 heterocycles. The van der Waals surface area contributed by atoms with E-state index in [0.717, 1.165) is 24.3 Å². The Labute approximate surface area is 250 Å². The standard InChI is InChI=1S/C34H46N2O6/c1-23(2)35(24(3)4)31(38)22-36(7,8)19-10-20-41-26-14-11-25(12-15-26)13-16-28(37)32-30(40-9)21-29-27(33(32)39)17-18-34(5,6)42-29/h11-18,21,23-24H,10,19-20,22H2,1-9H3/p+1/b16-13+. The zero-order valence-electron chi connectivity index (χ0n) is 26.6. The predicted octanol–water partition coefficient (Wildman–Crippen LogP) is 5.97. The van der Waals surface area contributed by atoms with E-state index >= 15 is 0 Å². The molecule has 0 radical (unpaired) electrons. The number of nitrogens with zero attached hydrogens (tertiary/aromatic N) is 2. The highest BCUT2D eigenvalue weighted by atomic mass is 16.5. The number of aromatic hydroxyl groups is 1. The molecule has 8 nitrogen and oxygen atoms in total. The van der Waals surface area contributed by atoms with Crippen molar-refractivity contribution >= 4 is 23.8 Å². The molecule has 1 amide bonds. The third kappa shape index (κ3) is 8.38. The van der Waals surface area contributed by atoms with Crippen molar-refractivity contribution in [2.45, 2.75) is 65.6 Å². The summed E-state index contributed by atoms with van der Waals surface area (Å²) >= 11 is 0. The van der Waals surface area contributed by atoms with E-state index in [1.54, 1.807) is 18.2 Å². The number of ketones is 1. The van der Waals surface area contributed by atoms with Crippen LogP contribution in [0.25, 0.3) is 12.2 Å². The Balaban J connectivity index is 1.56. The quantitative estimate of drug-likeness (QED) is 0.136. The van der Waals surface area contributed by atoms with Crippen LogP contribution >= 0.6 is 0 Å². The van der Waals surface area contributed by atoms with Gasteiger partial charge in [0.15, 0.2) is 12.3 Å². The van der Waals surface area contributed by atoms with Gasteiger partial charge in [-0.1, -0.05) is 18.2 Å². The van der Waals surface area contributed by atoms with Gasteiger partial charge in [-0.05, 0) is 77.5 Å². The number of carbonyl (C=O) groups is 2. The zero-order valence-corrected chi connectivity index (χ0v) is 26.6. The Morgan fingerprint density at radius 2 is 1.74 bits per heavy atom. The third-order valence-electron chi connectivity index (χ3n) is 7.20. The maximum Gasteiger partial charge on any atom is 0.278 e. The summed E-state index contributed by atoms with van der Waals surface area (Å²) in [4.78, 5) is 27.9. The zero-order chi connectivity index (χ0) is 31.2. The molecule has 0 unspecified atom stereocenters. The number of amides is 1. The van der Waals surface area contributed by atoms with Gasteiger partial charge in [-0.15, -0.1) is 0 Å². The van der Waals surface area contributed by atoms with Gasteiger partial charge in [-0.2, -0.15) is 0 Å². The average molecular weight is 580 g/mol. The minimum atomic E-state index is -0.523. The number of rotatable bonds is 13. The van der Waals surface area contributed by atoms with Crippen LogP contribution in [-0.2, 0) is 4.79 Å². The number of benzene rings is 2. The van der Waals surface area contributed by atoms with E-state index in [-0.39, 0.29) is 40.8 Å². The van der Waals surface area contributed by atoms with Crippen LogP contribution in [0.2, 0.25) is 0 Å². The normalized spacial score (nSPS) is 14.2. The summed E-state index contributed by atoms with van der Waals surface area (Å²) < 4.78 is 17.9. The minimum absolute atomic E-state index is 0.0876. The van der Waals surface area contributed by atoms with E-state index in [2.05, 4.69) is 41.8 Å². The van der Waals surface area contributed by atoms with E-state index in [1.807, 2.05) is 49.1 Å². The second kappa shape index (κ2) is 13.5. The molecule has 0 saturated carbocycles. The lowest BCUT2D eigenvalue weighted by atomic mass is 9.97. The monoisotopic (exact) mass is 579 g/mol. The molecular formula is C34H47N2O6+. The number of hydrogen-bond acceptors (Lipinski definition) is 6. The van der Waals surface area contributed by atoms with Crippen molar-refractivity contribution in [3.05, 3.63) is 59.2 Å². The topological polar surface area (TPSA) is 85.3 Å². The number of quaternary nitrogens is 1. The van der Waals surface area contributed by atoms with E-state index < -0.39 is 5.60 Å². The van der Waals surface area contributed by atoms with Crippen molar-refractivity contribution in [2.24, 2.45) is 0 Å². The van der Waals surface area contributed by atoms with Gasteiger partial charge in [0.05, 0.1) is 39.9 Å². The Morgan fingerprint density at radius 3 is 2.33 bits per heavy atom. The molecule has 1 aliphatic heterocycles. The second-order valence-corrected chi connectivity index (χ2v) is 12.5. The molecule has 0 aromatic heterocycles. The van der Waals surface area contributed by atoms with E-state index in [4.69, 9.17) is 14.2 Å². The van der Waals surface area contributed by atoms with Crippen LogP contribution < -0.4 is 14.2 Å². The summed E-state index contributed by atoms with van der Waals surface area (Å²) in [5.74, 6) is 1.07. The molecule has 1 N–H and O–H groups in total. The van der Waals surface area contributed by atoms with Gasteiger partial charge in [0, 0.05) is 24.6 Å². The SMILES string of the molecule is COc1cc2c(c(O)c1C(=O)/C=C/c1ccc(OCCC[N+](C)(C)CC(=O)N(C(C)C)C(C)C)cc1)C=CC(C)(C)O2. The van der Waals surface area contributed by atoms with Gasteiger partial charge in [0.2, 0.25) is 0 Å². The highest BCUT2D eigenvalue weighted by Crippen LogP contribution is 2.43. The van der Waals surface area contributed by atoms with Crippen LogP contribution in [0.3, 0.4) is 0 Å². The van der Waals surface area contributed by atoms with Crippen LogP contribution in [0.4, 0.5) is 0 Å². The highest BCUT2D eigenvalue weighted by Gasteiger charge is 2.29. The molecule has 0 atom stereocenters. The van der Waals surface area contributed by atoms with Crippen molar-refractivity contribution in [2.75, 3.05) is 40.9 Å². The summed E-state index contributed by atoms with van der Waals surface area (Å²) in [7, 11) is 5.60. The van der Waals surface area contributed by atoms with Crippen molar-refractivity contribution in [3.8, 4) is 23.0 Å². The molecular weight excluding hydrogens is 532 g/mol. The predicted molar refractivity (Wildman–Crippen MR) is 167 cm³/mol. The molecule has 1 aliphatic rings. The van der Waals surface area contributed by atoms with Crippen molar-refractivity contribution in [1.82, 2.24) is 4.90 Å². The fourth-order valence-corrected chi connectivity index (χ4v) is 5.20. The largest absolute Gasteiger partial charge is 0.506 e. The first-order chi connectivity index (χ1) is 19.6. The van der Waals surface area contributed by atoms with Gasteiger partial charge < -0.3 is 28.7 Å². The number of ether oxygens (including phenoxy) is 3. The third-order valence-corrected chi connectivity index (χ3v) is 7.20. The molecule has 0 bridgehead atoms. The lowest BCUT2D eigenvalue weighted by molar-refractivity contribution is -0.883. The van der Waals surface area contributed by atoms with Crippen molar-refractivity contribution in [3.63, 3.8) is 0 Å². The van der Waals surface area contributed by atoms with E-state index in [0.29, 0.717) is 28.9 Å². The highest BCUT2D eigenvalue weighted by molar-refractivity contribution is 6.11. The molecule has 8 heteroatoms. The fraction of sp³-hybridized carbons (Fsp3) is 0.471. The number of phenols is 1. The van der Waals surface area contributed by atoms with E-state index in [9.17, 15) is 14.7 Å². The molecule has 0 aliphatic carbocycles. The van der Waals surface area contributed by atoms with Crippen LogP contribution in [0, 0.1) is 0 Å². The Bertz CT molecular complexity index is 1310. The van der Waals surface area contributed by atoms with Gasteiger partial charge in [-0.3, -0.25) is 9.59 Å². The summed E-state index contributed by atoms with van der Waals surface area (Å²) in [6.07, 6.45) is 7.51. The second-order valence-electron chi connectivity index (χ2n) is 12.5. The van der Waals surface area contributed by atoms with E-state index in [1.165, 1.54) is 13.2 Å². The molecule has 3 rings (SSSR count). The van der Waals surface area contributed by atoms with Crippen LogP contribution in [0.15, 0.2) is 42.5 Å². The molecule has 2 aromatic rings. The molecule has 0 spiro atoms. The number of likely N-dealkylation sites (N-methyl/N-ethyl adjacent to an activating group) is 1. The maximum absolute atomic E-state index is 13.1. The summed E-state index contributed by atoms with van der Waals surface area (Å²) in [5.41, 5.74) is 0.832. The van der Waals surface area contributed by atoms with Crippen molar-refractivity contribution < 1.29 is 33.4 Å². The molecule has 42 heavy (non-hydrogen) atoms. The number of allylic oxidation sites excluding steroid dienone is 1. The number of hydrogen-bond donors (Lipinski definition) is 1. The number of fused-ring (bicyclic) bond motifs is 1. The van der Waals surface area contributed by atoms with Gasteiger partial charge in [0.1, 0.15) is 34.2 Å². The first-order valence-corrected chi connectivity index (χ1v) is 14.5. The Hall–Kier alpha value is -3.78. The van der Waals surface area contributed by atoms with Crippen LogP contribution in [0.1, 0.15) is 69.4 Å². The maximum atomic E-state index is 13.1. The summed E-state index contributed by atoms with van der Waals surface area (Å²) in [5, 5.41) is 10.9. The average Bonchev–Trinajstić information content (AvgIpc) is 2.88. The first-order valence-electron chi connectivity index (χ1n) is 14.5. The summed E-state index contributed by atoms with van der Waals surface area (Å²) in [6, 6.07) is 9.44. The molecule has 0 fully saturated rings. The first kappa shape index (κ1) is 32.7. The lowest BCUT2D eigenvalue weighted by Gasteiger charge is -2.35. The van der Waals surface area contributed by atoms with Crippen molar-refractivity contribution in [1.29, 1.82) is 0 Å². The van der Waals surface area contributed by atoms with Crippen LogP contribution in [0.5, 0.6) is 23.0 Å². The smallest absolute Gasteiger partial charge is 0.278 e.